The number of ether oxygens (including phenoxy) is 1. The molecule has 0 fully saturated rings. The molecular weight excluding hydrogens is 360 g/mol. The van der Waals surface area contributed by atoms with Crippen molar-refractivity contribution in [3.05, 3.63) is 84.7 Å². The van der Waals surface area contributed by atoms with E-state index in [1.807, 2.05) is 66.7 Å². The Bertz CT molecular complexity index is 1180. The Hall–Kier alpha value is -3.12. The summed E-state index contributed by atoms with van der Waals surface area (Å²) < 4.78 is 31.9. The van der Waals surface area contributed by atoms with E-state index in [2.05, 4.69) is 4.98 Å². The van der Waals surface area contributed by atoms with Crippen LogP contribution in [0.5, 0.6) is 5.75 Å². The lowest BCUT2D eigenvalue weighted by molar-refractivity contribution is 0.306. The average Bonchev–Trinajstić information content (AvgIpc) is 3.07. The van der Waals surface area contributed by atoms with Crippen LogP contribution < -0.4 is 4.74 Å². The summed E-state index contributed by atoms with van der Waals surface area (Å²) in [6.07, 6.45) is 4.67. The van der Waals surface area contributed by atoms with Crippen molar-refractivity contribution in [3.63, 3.8) is 0 Å². The first-order valence-electron chi connectivity index (χ1n) is 8.45. The number of benzene rings is 2. The van der Waals surface area contributed by atoms with Gasteiger partial charge in [0.25, 0.3) is 0 Å². The smallest absolute Gasteiger partial charge is 0.236 e. The van der Waals surface area contributed by atoms with Crippen molar-refractivity contribution < 1.29 is 13.2 Å². The molecular formula is C21H18N2O3S. The van der Waals surface area contributed by atoms with Gasteiger partial charge in [-0.1, -0.05) is 18.2 Å². The molecule has 2 aromatic heterocycles. The van der Waals surface area contributed by atoms with Crippen LogP contribution in [0.3, 0.4) is 0 Å². The van der Waals surface area contributed by atoms with E-state index >= 15 is 0 Å². The maximum Gasteiger partial charge on any atom is 0.236 e. The van der Waals surface area contributed by atoms with Crippen LogP contribution in [0.1, 0.15) is 5.56 Å². The molecule has 0 bridgehead atoms. The summed E-state index contributed by atoms with van der Waals surface area (Å²) >= 11 is 0. The Labute approximate surface area is 157 Å². The van der Waals surface area contributed by atoms with Crippen molar-refractivity contribution in [1.29, 1.82) is 0 Å². The summed E-state index contributed by atoms with van der Waals surface area (Å²) in [6, 6.07) is 20.6. The van der Waals surface area contributed by atoms with Gasteiger partial charge < -0.3 is 4.74 Å². The minimum absolute atomic E-state index is 0.450. The molecule has 4 aromatic rings. The maximum atomic E-state index is 12.4. The van der Waals surface area contributed by atoms with E-state index in [0.29, 0.717) is 17.8 Å². The Kier molecular flexibility index (Phi) is 4.41. The Morgan fingerprint density at radius 3 is 2.37 bits per heavy atom. The first-order valence-corrected chi connectivity index (χ1v) is 10.3. The van der Waals surface area contributed by atoms with E-state index in [0.717, 1.165) is 22.3 Å². The molecule has 0 saturated carbocycles. The Balaban J connectivity index is 1.66. The van der Waals surface area contributed by atoms with E-state index in [1.54, 1.807) is 12.4 Å². The normalized spacial score (nSPS) is 11.6. The molecule has 6 heteroatoms. The summed E-state index contributed by atoms with van der Waals surface area (Å²) in [5.41, 5.74) is 3.16. The van der Waals surface area contributed by atoms with Crippen LogP contribution in [0, 0.1) is 0 Å². The molecule has 2 aromatic carbocycles. The van der Waals surface area contributed by atoms with Crippen LogP contribution >= 0.6 is 0 Å². The van der Waals surface area contributed by atoms with E-state index in [1.165, 1.54) is 10.2 Å². The van der Waals surface area contributed by atoms with Crippen molar-refractivity contribution in [2.75, 3.05) is 6.26 Å². The molecule has 0 unspecified atom stereocenters. The van der Waals surface area contributed by atoms with Crippen molar-refractivity contribution in [2.24, 2.45) is 0 Å². The van der Waals surface area contributed by atoms with Crippen LogP contribution in [0.4, 0.5) is 0 Å². The van der Waals surface area contributed by atoms with E-state index in [9.17, 15) is 8.42 Å². The molecule has 0 saturated heterocycles. The third-order valence-electron chi connectivity index (χ3n) is 4.30. The monoisotopic (exact) mass is 378 g/mol. The third-order valence-corrected chi connectivity index (χ3v) is 5.36. The lowest BCUT2D eigenvalue weighted by atomic mass is 10.1. The van der Waals surface area contributed by atoms with Gasteiger partial charge in [-0.3, -0.25) is 4.98 Å². The summed E-state index contributed by atoms with van der Waals surface area (Å²) in [5, 5.41) is 0.885. The highest BCUT2D eigenvalue weighted by atomic mass is 32.2. The zero-order valence-corrected chi connectivity index (χ0v) is 15.6. The average molecular weight is 378 g/mol. The highest BCUT2D eigenvalue weighted by molar-refractivity contribution is 7.89. The van der Waals surface area contributed by atoms with Gasteiger partial charge in [-0.2, -0.15) is 0 Å². The SMILES string of the molecule is CS(=O)(=O)n1c(-c2ccc(OCc3ccncc3)cc2)cc2ccccc21. The minimum atomic E-state index is -3.44. The maximum absolute atomic E-state index is 12.4. The van der Waals surface area contributed by atoms with E-state index in [4.69, 9.17) is 4.74 Å². The zero-order valence-electron chi connectivity index (χ0n) is 14.7. The number of rotatable bonds is 5. The molecule has 0 aliphatic carbocycles. The van der Waals surface area contributed by atoms with E-state index < -0.39 is 10.0 Å². The first-order chi connectivity index (χ1) is 13.0. The van der Waals surface area contributed by atoms with Gasteiger partial charge in [0.2, 0.25) is 10.0 Å². The highest BCUT2D eigenvalue weighted by Gasteiger charge is 2.17. The van der Waals surface area contributed by atoms with Gasteiger partial charge in [-0.05, 0) is 59.7 Å². The molecule has 0 radical (unpaired) electrons. The molecule has 27 heavy (non-hydrogen) atoms. The fraction of sp³-hybridized carbons (Fsp3) is 0.0952. The summed E-state index contributed by atoms with van der Waals surface area (Å²) in [4.78, 5) is 3.98. The van der Waals surface area contributed by atoms with Gasteiger partial charge in [0, 0.05) is 17.8 Å². The first kappa shape index (κ1) is 17.3. The molecule has 4 rings (SSSR count). The Morgan fingerprint density at radius 2 is 1.67 bits per heavy atom. The molecule has 0 spiro atoms. The Morgan fingerprint density at radius 1 is 0.963 bits per heavy atom. The molecule has 0 N–H and O–H groups in total. The van der Waals surface area contributed by atoms with Crippen molar-refractivity contribution in [1.82, 2.24) is 8.96 Å². The molecule has 2 heterocycles. The fourth-order valence-electron chi connectivity index (χ4n) is 3.06. The lowest BCUT2D eigenvalue weighted by Crippen LogP contribution is -2.11. The number of hydrogen-bond acceptors (Lipinski definition) is 4. The van der Waals surface area contributed by atoms with Crippen LogP contribution in [-0.4, -0.2) is 23.6 Å². The summed E-state index contributed by atoms with van der Waals surface area (Å²) in [7, 11) is -3.44. The predicted molar refractivity (Wildman–Crippen MR) is 106 cm³/mol. The fourth-order valence-corrected chi connectivity index (χ4v) is 4.09. The topological polar surface area (TPSA) is 61.2 Å². The summed E-state index contributed by atoms with van der Waals surface area (Å²) in [5.74, 6) is 0.720. The number of pyridine rings is 1. The second-order valence-corrected chi connectivity index (χ2v) is 8.12. The highest BCUT2D eigenvalue weighted by Crippen LogP contribution is 2.30. The lowest BCUT2D eigenvalue weighted by Gasteiger charge is -2.10. The third kappa shape index (κ3) is 3.57. The number of nitrogens with zero attached hydrogens (tertiary/aromatic N) is 2. The predicted octanol–water partition coefficient (Wildman–Crippen LogP) is 4.09. The molecule has 0 aliphatic rings. The molecule has 0 aliphatic heterocycles. The number of para-hydroxylation sites is 1. The quantitative estimate of drug-likeness (QED) is 0.525. The number of hydrogen-bond donors (Lipinski definition) is 0. The van der Waals surface area contributed by atoms with Gasteiger partial charge >= 0.3 is 0 Å². The standard InChI is InChI=1S/C21H18N2O3S/c1-27(24,25)23-20-5-3-2-4-18(20)14-21(23)17-6-8-19(9-7-17)26-15-16-10-12-22-13-11-16/h2-14H,15H2,1H3. The van der Waals surface area contributed by atoms with Crippen molar-refractivity contribution in [3.8, 4) is 17.0 Å². The van der Waals surface area contributed by atoms with Gasteiger partial charge in [0.05, 0.1) is 17.5 Å². The van der Waals surface area contributed by atoms with Crippen LogP contribution in [0.25, 0.3) is 22.2 Å². The summed E-state index contributed by atoms with van der Waals surface area (Å²) in [6.45, 7) is 0.450. The molecule has 0 atom stereocenters. The van der Waals surface area contributed by atoms with Crippen molar-refractivity contribution in [2.45, 2.75) is 6.61 Å². The van der Waals surface area contributed by atoms with Crippen molar-refractivity contribution >= 4 is 20.9 Å². The van der Waals surface area contributed by atoms with Gasteiger partial charge in [0.1, 0.15) is 12.4 Å². The molecule has 5 nitrogen and oxygen atoms in total. The molecule has 0 amide bonds. The second-order valence-electron chi connectivity index (χ2n) is 6.28. The number of aromatic nitrogens is 2. The van der Waals surface area contributed by atoms with Gasteiger partial charge in [0.15, 0.2) is 0 Å². The molecule has 136 valence electrons. The van der Waals surface area contributed by atoms with Crippen LogP contribution in [-0.2, 0) is 16.6 Å². The number of fused-ring (bicyclic) bond motifs is 1. The largest absolute Gasteiger partial charge is 0.489 e. The zero-order chi connectivity index (χ0) is 18.9. The van der Waals surface area contributed by atoms with Crippen LogP contribution in [0.2, 0.25) is 0 Å². The van der Waals surface area contributed by atoms with E-state index in [-0.39, 0.29) is 0 Å². The van der Waals surface area contributed by atoms with Gasteiger partial charge in [-0.15, -0.1) is 0 Å². The minimum Gasteiger partial charge on any atom is -0.489 e. The van der Waals surface area contributed by atoms with Crippen LogP contribution in [0.15, 0.2) is 79.1 Å². The van der Waals surface area contributed by atoms with Gasteiger partial charge in [-0.25, -0.2) is 12.4 Å². The second kappa shape index (κ2) is 6.89.